The van der Waals surface area contributed by atoms with Crippen molar-refractivity contribution in [2.45, 2.75) is 51.1 Å². The van der Waals surface area contributed by atoms with E-state index < -0.39 is 11.6 Å². The highest BCUT2D eigenvalue weighted by Gasteiger charge is 2.32. The molecular formula is C29H33ClN2O2S. The fourth-order valence-electron chi connectivity index (χ4n) is 3.73. The van der Waals surface area contributed by atoms with Crippen LogP contribution in [0.3, 0.4) is 0 Å². The van der Waals surface area contributed by atoms with Crippen molar-refractivity contribution in [2.24, 2.45) is 0 Å². The molecule has 0 aliphatic carbocycles. The molecule has 0 radical (unpaired) electrons. The van der Waals surface area contributed by atoms with Crippen LogP contribution in [-0.2, 0) is 28.3 Å². The number of hydrogen-bond acceptors (Lipinski definition) is 3. The quantitative estimate of drug-likeness (QED) is 0.358. The highest BCUT2D eigenvalue weighted by molar-refractivity contribution is 7.99. The van der Waals surface area contributed by atoms with E-state index in [4.69, 9.17) is 11.6 Å². The topological polar surface area (TPSA) is 49.4 Å². The Morgan fingerprint density at radius 3 is 2.06 bits per heavy atom. The molecule has 0 unspecified atom stereocenters. The van der Waals surface area contributed by atoms with Gasteiger partial charge < -0.3 is 10.2 Å². The Morgan fingerprint density at radius 2 is 1.46 bits per heavy atom. The molecule has 1 N–H and O–H groups in total. The molecule has 3 rings (SSSR count). The monoisotopic (exact) mass is 508 g/mol. The SMILES string of the molecule is CC(C)(C)NC(=O)[C@@H](Cc1ccccc1)N(Cc1ccccc1)C(=O)CSCc1ccccc1Cl. The van der Waals surface area contributed by atoms with Crippen LogP contribution in [0.25, 0.3) is 0 Å². The molecule has 1 atom stereocenters. The molecule has 0 saturated carbocycles. The van der Waals surface area contributed by atoms with E-state index in [9.17, 15) is 9.59 Å². The summed E-state index contributed by atoms with van der Waals surface area (Å²) in [5.41, 5.74) is 2.58. The molecule has 0 spiro atoms. The molecule has 3 aromatic rings. The second-order valence-corrected chi connectivity index (χ2v) is 10.9. The van der Waals surface area contributed by atoms with Crippen molar-refractivity contribution >= 4 is 35.2 Å². The molecule has 0 saturated heterocycles. The average molecular weight is 509 g/mol. The molecule has 35 heavy (non-hydrogen) atoms. The number of halogens is 1. The maximum atomic E-state index is 13.6. The van der Waals surface area contributed by atoms with Gasteiger partial charge in [-0.2, -0.15) is 0 Å². The summed E-state index contributed by atoms with van der Waals surface area (Å²) in [6.45, 7) is 6.22. The first-order chi connectivity index (χ1) is 16.7. The number of nitrogens with zero attached hydrogens (tertiary/aromatic N) is 1. The van der Waals surface area contributed by atoms with Crippen molar-refractivity contribution in [1.82, 2.24) is 10.2 Å². The van der Waals surface area contributed by atoms with Crippen molar-refractivity contribution in [3.05, 3.63) is 107 Å². The zero-order valence-electron chi connectivity index (χ0n) is 20.5. The van der Waals surface area contributed by atoms with Crippen LogP contribution in [0.4, 0.5) is 0 Å². The van der Waals surface area contributed by atoms with Crippen molar-refractivity contribution in [2.75, 3.05) is 5.75 Å². The molecule has 0 aliphatic rings. The maximum Gasteiger partial charge on any atom is 0.243 e. The normalized spacial score (nSPS) is 12.1. The van der Waals surface area contributed by atoms with Gasteiger partial charge in [-0.15, -0.1) is 11.8 Å². The van der Waals surface area contributed by atoms with E-state index in [1.54, 1.807) is 4.90 Å². The van der Waals surface area contributed by atoms with Gasteiger partial charge in [0.1, 0.15) is 6.04 Å². The molecule has 0 fully saturated rings. The Labute approximate surface area is 218 Å². The number of carbonyl (C=O) groups excluding carboxylic acids is 2. The van der Waals surface area contributed by atoms with Crippen LogP contribution in [-0.4, -0.2) is 34.0 Å². The van der Waals surface area contributed by atoms with Gasteiger partial charge in [0.2, 0.25) is 11.8 Å². The number of carbonyl (C=O) groups is 2. The largest absolute Gasteiger partial charge is 0.350 e. The second kappa shape index (κ2) is 12.8. The van der Waals surface area contributed by atoms with Gasteiger partial charge in [0.25, 0.3) is 0 Å². The van der Waals surface area contributed by atoms with Gasteiger partial charge in [0, 0.05) is 29.3 Å². The first-order valence-corrected chi connectivity index (χ1v) is 13.3. The predicted octanol–water partition coefficient (Wildman–Crippen LogP) is 6.13. The van der Waals surface area contributed by atoms with E-state index in [-0.39, 0.29) is 17.6 Å². The molecule has 0 aromatic heterocycles. The van der Waals surface area contributed by atoms with Crippen LogP contribution in [0.15, 0.2) is 84.9 Å². The third kappa shape index (κ3) is 8.75. The van der Waals surface area contributed by atoms with E-state index in [0.717, 1.165) is 16.7 Å². The summed E-state index contributed by atoms with van der Waals surface area (Å²) in [5.74, 6) is 0.659. The maximum absolute atomic E-state index is 13.6. The minimum Gasteiger partial charge on any atom is -0.350 e. The highest BCUT2D eigenvalue weighted by Crippen LogP contribution is 2.22. The zero-order chi connectivity index (χ0) is 25.3. The molecule has 0 heterocycles. The van der Waals surface area contributed by atoms with Crippen LogP contribution >= 0.6 is 23.4 Å². The molecule has 4 nitrogen and oxygen atoms in total. The van der Waals surface area contributed by atoms with Crippen LogP contribution in [0.5, 0.6) is 0 Å². The van der Waals surface area contributed by atoms with Gasteiger partial charge in [-0.3, -0.25) is 9.59 Å². The highest BCUT2D eigenvalue weighted by atomic mass is 35.5. The first-order valence-electron chi connectivity index (χ1n) is 11.7. The summed E-state index contributed by atoms with van der Waals surface area (Å²) in [6, 6.07) is 26.7. The smallest absolute Gasteiger partial charge is 0.243 e. The van der Waals surface area contributed by atoms with Crippen molar-refractivity contribution in [3.8, 4) is 0 Å². The van der Waals surface area contributed by atoms with Gasteiger partial charge in [-0.05, 0) is 43.5 Å². The Balaban J connectivity index is 1.85. The number of thioether (sulfide) groups is 1. The Bertz CT molecular complexity index is 1100. The lowest BCUT2D eigenvalue weighted by molar-refractivity contribution is -0.140. The minimum atomic E-state index is -0.634. The van der Waals surface area contributed by atoms with Gasteiger partial charge in [0.05, 0.1) is 5.75 Å². The molecule has 6 heteroatoms. The summed E-state index contributed by atoms with van der Waals surface area (Å²) in [6.07, 6.45) is 0.441. The lowest BCUT2D eigenvalue weighted by Crippen LogP contribution is -2.54. The molecule has 2 amide bonds. The Kier molecular flexibility index (Phi) is 9.82. The summed E-state index contributed by atoms with van der Waals surface area (Å²) in [4.78, 5) is 28.9. The zero-order valence-corrected chi connectivity index (χ0v) is 22.1. The molecule has 0 aliphatic heterocycles. The first kappa shape index (κ1) is 26.8. The van der Waals surface area contributed by atoms with Gasteiger partial charge in [-0.25, -0.2) is 0 Å². The third-order valence-corrected chi connectivity index (χ3v) is 6.74. The third-order valence-electron chi connectivity index (χ3n) is 5.41. The Morgan fingerprint density at radius 1 is 0.886 bits per heavy atom. The number of amides is 2. The van der Waals surface area contributed by atoms with Crippen molar-refractivity contribution < 1.29 is 9.59 Å². The lowest BCUT2D eigenvalue weighted by Gasteiger charge is -2.34. The number of hydrogen-bond donors (Lipinski definition) is 1. The van der Waals surface area contributed by atoms with Gasteiger partial charge in [0.15, 0.2) is 0 Å². The van der Waals surface area contributed by atoms with E-state index in [2.05, 4.69) is 5.32 Å². The Hall–Kier alpha value is -2.76. The molecule has 0 bridgehead atoms. The summed E-state index contributed by atoms with van der Waals surface area (Å²) in [5, 5.41) is 3.79. The van der Waals surface area contributed by atoms with Gasteiger partial charge in [-0.1, -0.05) is 90.5 Å². The molecule has 3 aromatic carbocycles. The van der Waals surface area contributed by atoms with E-state index >= 15 is 0 Å². The summed E-state index contributed by atoms with van der Waals surface area (Å²) < 4.78 is 0. The number of nitrogens with one attached hydrogen (secondary N) is 1. The molecular weight excluding hydrogens is 476 g/mol. The van der Waals surface area contributed by atoms with Crippen LogP contribution < -0.4 is 5.32 Å². The summed E-state index contributed by atoms with van der Waals surface area (Å²) >= 11 is 7.80. The van der Waals surface area contributed by atoms with E-state index in [1.807, 2.05) is 106 Å². The fourth-order valence-corrected chi connectivity index (χ4v) is 4.93. The standard InChI is InChI=1S/C29H33ClN2O2S/c1-29(2,3)31-28(34)26(18-22-12-6-4-7-13-22)32(19-23-14-8-5-9-15-23)27(33)21-35-20-24-16-10-11-17-25(24)30/h4-17,26H,18-21H2,1-3H3,(H,31,34)/t26-/m1/s1. The average Bonchev–Trinajstić information content (AvgIpc) is 2.82. The van der Waals surface area contributed by atoms with E-state index in [1.165, 1.54) is 11.8 Å². The van der Waals surface area contributed by atoms with Crippen LogP contribution in [0, 0.1) is 0 Å². The fraction of sp³-hybridized carbons (Fsp3) is 0.310. The predicted molar refractivity (Wildman–Crippen MR) is 146 cm³/mol. The summed E-state index contributed by atoms with van der Waals surface area (Å²) in [7, 11) is 0. The van der Waals surface area contributed by atoms with E-state index in [0.29, 0.717) is 23.7 Å². The van der Waals surface area contributed by atoms with Crippen molar-refractivity contribution in [3.63, 3.8) is 0 Å². The number of rotatable bonds is 10. The molecule has 184 valence electrons. The van der Waals surface area contributed by atoms with Gasteiger partial charge >= 0.3 is 0 Å². The lowest BCUT2D eigenvalue weighted by atomic mass is 10.0. The van der Waals surface area contributed by atoms with Crippen LogP contribution in [0.1, 0.15) is 37.5 Å². The number of benzene rings is 3. The minimum absolute atomic E-state index is 0.0732. The van der Waals surface area contributed by atoms with Crippen molar-refractivity contribution in [1.29, 1.82) is 0 Å². The second-order valence-electron chi connectivity index (χ2n) is 9.54. The van der Waals surface area contributed by atoms with Crippen LogP contribution in [0.2, 0.25) is 5.02 Å².